The standard InChI is InChI=1S/C16H16N2O4S/c19-16(18-3-5-23-6-4-18)15-9-12(17-22-15)7-11-1-2-13-14(8-11)21-10-20-13/h1-2,8-9H,3-7,10H2. The molecule has 4 rings (SSSR count). The number of hydrogen-bond acceptors (Lipinski definition) is 6. The minimum absolute atomic E-state index is 0.0743. The zero-order valence-electron chi connectivity index (χ0n) is 12.5. The fraction of sp³-hybridized carbons (Fsp3) is 0.375. The first-order valence-corrected chi connectivity index (χ1v) is 8.66. The Morgan fingerprint density at radius 3 is 2.87 bits per heavy atom. The minimum Gasteiger partial charge on any atom is -0.454 e. The molecule has 0 aliphatic carbocycles. The monoisotopic (exact) mass is 332 g/mol. The van der Waals surface area contributed by atoms with Crippen molar-refractivity contribution in [2.75, 3.05) is 31.4 Å². The van der Waals surface area contributed by atoms with Gasteiger partial charge in [-0.2, -0.15) is 11.8 Å². The molecule has 0 unspecified atom stereocenters. The number of aromatic nitrogens is 1. The number of hydrogen-bond donors (Lipinski definition) is 0. The summed E-state index contributed by atoms with van der Waals surface area (Å²) in [4.78, 5) is 14.2. The normalized spacial score (nSPS) is 16.6. The predicted octanol–water partition coefficient (Wildman–Crippen LogP) is 2.18. The van der Waals surface area contributed by atoms with Crippen LogP contribution in [0.15, 0.2) is 28.8 Å². The largest absolute Gasteiger partial charge is 0.454 e. The summed E-state index contributed by atoms with van der Waals surface area (Å²) in [6.45, 7) is 1.79. The van der Waals surface area contributed by atoms with Crippen molar-refractivity contribution < 1.29 is 18.8 Å². The molecule has 2 aliphatic rings. The van der Waals surface area contributed by atoms with E-state index in [1.165, 1.54) is 0 Å². The molecule has 1 amide bonds. The summed E-state index contributed by atoms with van der Waals surface area (Å²) in [5, 5.41) is 4.02. The van der Waals surface area contributed by atoms with Crippen molar-refractivity contribution in [3.63, 3.8) is 0 Å². The Balaban J connectivity index is 1.46. The van der Waals surface area contributed by atoms with Crippen LogP contribution in [0.3, 0.4) is 0 Å². The van der Waals surface area contributed by atoms with Gasteiger partial charge >= 0.3 is 0 Å². The molecule has 1 aromatic heterocycles. The van der Waals surface area contributed by atoms with E-state index in [9.17, 15) is 4.79 Å². The number of nitrogens with zero attached hydrogens (tertiary/aromatic N) is 2. The summed E-state index contributed by atoms with van der Waals surface area (Å²) in [6.07, 6.45) is 0.587. The van der Waals surface area contributed by atoms with Crippen LogP contribution >= 0.6 is 11.8 Å². The van der Waals surface area contributed by atoms with Crippen molar-refractivity contribution in [1.29, 1.82) is 0 Å². The molecular weight excluding hydrogens is 316 g/mol. The Bertz CT molecular complexity index is 725. The van der Waals surface area contributed by atoms with E-state index < -0.39 is 0 Å². The van der Waals surface area contributed by atoms with Crippen molar-refractivity contribution in [2.24, 2.45) is 0 Å². The number of benzene rings is 1. The quantitative estimate of drug-likeness (QED) is 0.858. The van der Waals surface area contributed by atoms with E-state index in [1.54, 1.807) is 6.07 Å². The van der Waals surface area contributed by atoms with E-state index in [4.69, 9.17) is 14.0 Å². The second-order valence-corrected chi connectivity index (χ2v) is 6.68. The Morgan fingerprint density at radius 2 is 2.00 bits per heavy atom. The van der Waals surface area contributed by atoms with Gasteiger partial charge in [-0.1, -0.05) is 11.2 Å². The van der Waals surface area contributed by atoms with Crippen LogP contribution in [0.2, 0.25) is 0 Å². The van der Waals surface area contributed by atoms with Crippen LogP contribution < -0.4 is 9.47 Å². The molecule has 1 saturated heterocycles. The van der Waals surface area contributed by atoms with Gasteiger partial charge in [0.15, 0.2) is 11.5 Å². The summed E-state index contributed by atoms with van der Waals surface area (Å²) in [6, 6.07) is 7.51. The third kappa shape index (κ3) is 3.01. The second-order valence-electron chi connectivity index (χ2n) is 5.45. The van der Waals surface area contributed by atoms with Gasteiger partial charge in [0, 0.05) is 37.1 Å². The van der Waals surface area contributed by atoms with Crippen LogP contribution in [0.4, 0.5) is 0 Å². The topological polar surface area (TPSA) is 64.8 Å². The fourth-order valence-electron chi connectivity index (χ4n) is 2.68. The molecule has 23 heavy (non-hydrogen) atoms. The Hall–Kier alpha value is -2.15. The van der Waals surface area contributed by atoms with E-state index in [0.717, 1.165) is 47.4 Å². The second kappa shape index (κ2) is 6.16. The Kier molecular flexibility index (Phi) is 3.87. The van der Waals surface area contributed by atoms with Crippen LogP contribution in [0.25, 0.3) is 0 Å². The highest BCUT2D eigenvalue weighted by Gasteiger charge is 2.22. The first-order valence-electron chi connectivity index (χ1n) is 7.51. The molecule has 0 atom stereocenters. The van der Waals surface area contributed by atoms with Crippen LogP contribution in [0.1, 0.15) is 21.8 Å². The van der Waals surface area contributed by atoms with Gasteiger partial charge in [-0.25, -0.2) is 0 Å². The molecule has 7 heteroatoms. The fourth-order valence-corrected chi connectivity index (χ4v) is 3.58. The molecule has 1 aromatic carbocycles. The van der Waals surface area contributed by atoms with E-state index in [2.05, 4.69) is 5.16 Å². The zero-order chi connectivity index (χ0) is 15.6. The average Bonchev–Trinajstić information content (AvgIpc) is 3.24. The van der Waals surface area contributed by atoms with Gasteiger partial charge < -0.3 is 18.9 Å². The van der Waals surface area contributed by atoms with Gasteiger partial charge in [0.1, 0.15) is 0 Å². The van der Waals surface area contributed by atoms with Gasteiger partial charge in [-0.05, 0) is 17.7 Å². The van der Waals surface area contributed by atoms with Crippen molar-refractivity contribution >= 4 is 17.7 Å². The highest BCUT2D eigenvalue weighted by molar-refractivity contribution is 7.99. The van der Waals surface area contributed by atoms with Crippen LogP contribution in [0, 0.1) is 0 Å². The summed E-state index contributed by atoms with van der Waals surface area (Å²) in [5.74, 6) is 3.69. The maximum atomic E-state index is 12.4. The van der Waals surface area contributed by atoms with E-state index in [0.29, 0.717) is 12.2 Å². The Morgan fingerprint density at radius 1 is 1.17 bits per heavy atom. The van der Waals surface area contributed by atoms with Crippen LogP contribution in [0.5, 0.6) is 11.5 Å². The van der Waals surface area contributed by atoms with Crippen molar-refractivity contribution in [3.8, 4) is 11.5 Å². The molecule has 1 fully saturated rings. The van der Waals surface area contributed by atoms with Gasteiger partial charge in [-0.3, -0.25) is 4.79 Å². The molecule has 3 heterocycles. The van der Waals surface area contributed by atoms with E-state index in [1.807, 2.05) is 34.9 Å². The van der Waals surface area contributed by atoms with E-state index in [-0.39, 0.29) is 12.7 Å². The third-order valence-electron chi connectivity index (χ3n) is 3.89. The molecular formula is C16H16N2O4S. The summed E-state index contributed by atoms with van der Waals surface area (Å²) in [7, 11) is 0. The average molecular weight is 332 g/mol. The van der Waals surface area contributed by atoms with Gasteiger partial charge in [-0.15, -0.1) is 0 Å². The Labute approximate surface area is 137 Å². The molecule has 2 aromatic rings. The number of rotatable bonds is 3. The SMILES string of the molecule is O=C(c1cc(Cc2ccc3c(c2)OCO3)no1)N1CCSCC1. The lowest BCUT2D eigenvalue weighted by atomic mass is 10.1. The van der Waals surface area contributed by atoms with Gasteiger partial charge in [0.05, 0.1) is 5.69 Å². The lowest BCUT2D eigenvalue weighted by molar-refractivity contribution is 0.0730. The summed E-state index contributed by atoms with van der Waals surface area (Å²) in [5.41, 5.74) is 1.77. The number of carbonyl (C=O) groups excluding carboxylic acids is 1. The van der Waals surface area contributed by atoms with Crippen molar-refractivity contribution in [1.82, 2.24) is 10.1 Å². The molecule has 0 radical (unpaired) electrons. The lowest BCUT2D eigenvalue weighted by Crippen LogP contribution is -2.37. The molecule has 0 N–H and O–H groups in total. The number of ether oxygens (including phenoxy) is 2. The van der Waals surface area contributed by atoms with Gasteiger partial charge in [0.2, 0.25) is 12.6 Å². The summed E-state index contributed by atoms with van der Waals surface area (Å²) >= 11 is 1.87. The minimum atomic E-state index is -0.0743. The summed E-state index contributed by atoms with van der Waals surface area (Å²) < 4.78 is 15.9. The number of carbonyl (C=O) groups is 1. The van der Waals surface area contributed by atoms with Crippen LogP contribution in [-0.2, 0) is 6.42 Å². The zero-order valence-corrected chi connectivity index (χ0v) is 13.3. The molecule has 0 saturated carbocycles. The van der Waals surface area contributed by atoms with Gasteiger partial charge in [0.25, 0.3) is 5.91 Å². The molecule has 6 nitrogen and oxygen atoms in total. The lowest BCUT2D eigenvalue weighted by Gasteiger charge is -2.25. The van der Waals surface area contributed by atoms with Crippen LogP contribution in [-0.4, -0.2) is 47.4 Å². The first kappa shape index (κ1) is 14.4. The highest BCUT2D eigenvalue weighted by atomic mass is 32.2. The molecule has 2 aliphatic heterocycles. The number of thioether (sulfide) groups is 1. The third-order valence-corrected chi connectivity index (χ3v) is 4.83. The molecule has 120 valence electrons. The maximum absolute atomic E-state index is 12.4. The smallest absolute Gasteiger partial charge is 0.292 e. The molecule has 0 spiro atoms. The maximum Gasteiger partial charge on any atom is 0.292 e. The predicted molar refractivity (Wildman–Crippen MR) is 85.1 cm³/mol. The molecule has 0 bridgehead atoms. The first-order chi connectivity index (χ1) is 11.3. The van der Waals surface area contributed by atoms with Crippen molar-refractivity contribution in [3.05, 3.63) is 41.3 Å². The van der Waals surface area contributed by atoms with E-state index >= 15 is 0 Å². The highest BCUT2D eigenvalue weighted by Crippen LogP contribution is 2.33. The van der Waals surface area contributed by atoms with Crippen molar-refractivity contribution in [2.45, 2.75) is 6.42 Å². The number of fused-ring (bicyclic) bond motifs is 1. The number of amides is 1.